The molecule has 1 heterocycles. The van der Waals surface area contributed by atoms with Crippen molar-refractivity contribution >= 4 is 5.91 Å². The fourth-order valence-corrected chi connectivity index (χ4v) is 1.71. The zero-order valence-corrected chi connectivity index (χ0v) is 12.0. The van der Waals surface area contributed by atoms with Gasteiger partial charge in [-0.25, -0.2) is 4.79 Å². The highest BCUT2D eigenvalue weighted by atomic mass is 16.3. The minimum absolute atomic E-state index is 0.138. The summed E-state index contributed by atoms with van der Waals surface area (Å²) in [4.78, 5) is 34.7. The zero-order valence-electron chi connectivity index (χ0n) is 12.0. The van der Waals surface area contributed by atoms with Gasteiger partial charge in [-0.1, -0.05) is 13.8 Å². The standard InChI is InChI=1S/C13H21N3O4/c1-4-13(20,5-2)9-14-10(17)8-16-7-6-11(18)15(3)12(16)19/h6-7,20H,4-5,8-9H2,1-3H3,(H,14,17). The van der Waals surface area contributed by atoms with Crippen molar-refractivity contribution in [2.24, 2.45) is 7.05 Å². The molecule has 0 saturated carbocycles. The minimum Gasteiger partial charge on any atom is -0.388 e. The molecule has 0 aromatic carbocycles. The second-order valence-corrected chi connectivity index (χ2v) is 4.83. The van der Waals surface area contributed by atoms with Gasteiger partial charge in [0.2, 0.25) is 5.91 Å². The van der Waals surface area contributed by atoms with Gasteiger partial charge in [-0.2, -0.15) is 0 Å². The average molecular weight is 283 g/mol. The maximum Gasteiger partial charge on any atom is 0.331 e. The first-order valence-electron chi connectivity index (χ1n) is 6.58. The van der Waals surface area contributed by atoms with Gasteiger partial charge in [-0.3, -0.25) is 18.7 Å². The summed E-state index contributed by atoms with van der Waals surface area (Å²) in [7, 11) is 1.35. The molecule has 7 nitrogen and oxygen atoms in total. The van der Waals surface area contributed by atoms with Gasteiger partial charge in [0.15, 0.2) is 0 Å². The third kappa shape index (κ3) is 3.80. The van der Waals surface area contributed by atoms with Crippen LogP contribution in [-0.2, 0) is 18.4 Å². The molecule has 0 unspecified atom stereocenters. The molecule has 0 fully saturated rings. The number of aliphatic hydroxyl groups is 1. The van der Waals surface area contributed by atoms with Gasteiger partial charge in [0.1, 0.15) is 6.54 Å². The monoisotopic (exact) mass is 283 g/mol. The first kappa shape index (κ1) is 16.2. The number of amides is 1. The number of hydrogen-bond donors (Lipinski definition) is 2. The van der Waals surface area contributed by atoms with Gasteiger partial charge in [-0.05, 0) is 12.8 Å². The highest BCUT2D eigenvalue weighted by molar-refractivity contribution is 5.75. The third-order valence-corrected chi connectivity index (χ3v) is 3.51. The molecule has 0 aliphatic carbocycles. The number of nitrogens with zero attached hydrogens (tertiary/aromatic N) is 2. The first-order chi connectivity index (χ1) is 9.33. The molecule has 1 aromatic rings. The summed E-state index contributed by atoms with van der Waals surface area (Å²) in [5.41, 5.74) is -1.89. The van der Waals surface area contributed by atoms with Crippen molar-refractivity contribution in [3.63, 3.8) is 0 Å². The topological polar surface area (TPSA) is 93.3 Å². The van der Waals surface area contributed by atoms with Gasteiger partial charge in [0.25, 0.3) is 5.56 Å². The van der Waals surface area contributed by atoms with Gasteiger partial charge in [0, 0.05) is 25.9 Å². The molecule has 20 heavy (non-hydrogen) atoms. The van der Waals surface area contributed by atoms with Crippen LogP contribution in [0.4, 0.5) is 0 Å². The Morgan fingerprint density at radius 2 is 1.95 bits per heavy atom. The molecule has 1 rings (SSSR count). The van der Waals surface area contributed by atoms with Gasteiger partial charge in [-0.15, -0.1) is 0 Å². The lowest BCUT2D eigenvalue weighted by atomic mass is 9.98. The molecule has 0 atom stereocenters. The Balaban J connectivity index is 2.71. The number of rotatable bonds is 6. The summed E-state index contributed by atoms with van der Waals surface area (Å²) in [6.07, 6.45) is 2.35. The Bertz CT molecular complexity index is 584. The van der Waals surface area contributed by atoms with E-state index in [0.29, 0.717) is 12.8 Å². The number of aromatic nitrogens is 2. The molecule has 0 aliphatic rings. The highest BCUT2D eigenvalue weighted by Gasteiger charge is 2.22. The predicted molar refractivity (Wildman–Crippen MR) is 74.5 cm³/mol. The van der Waals surface area contributed by atoms with Gasteiger partial charge < -0.3 is 10.4 Å². The van der Waals surface area contributed by atoms with E-state index in [0.717, 1.165) is 9.13 Å². The van der Waals surface area contributed by atoms with E-state index in [9.17, 15) is 19.5 Å². The van der Waals surface area contributed by atoms with E-state index in [1.54, 1.807) is 0 Å². The van der Waals surface area contributed by atoms with E-state index in [1.807, 2.05) is 13.8 Å². The fraction of sp³-hybridized carbons (Fsp3) is 0.615. The zero-order chi connectivity index (χ0) is 15.3. The Hall–Kier alpha value is -1.89. The average Bonchev–Trinajstić information content (AvgIpc) is 2.45. The largest absolute Gasteiger partial charge is 0.388 e. The summed E-state index contributed by atoms with van der Waals surface area (Å²) in [6.45, 7) is 3.63. The summed E-state index contributed by atoms with van der Waals surface area (Å²) in [5, 5.41) is 12.6. The second-order valence-electron chi connectivity index (χ2n) is 4.83. The quantitative estimate of drug-likeness (QED) is 0.716. The van der Waals surface area contributed by atoms with Crippen LogP contribution in [0.5, 0.6) is 0 Å². The van der Waals surface area contributed by atoms with Crippen LogP contribution in [0.2, 0.25) is 0 Å². The Morgan fingerprint density at radius 3 is 2.50 bits per heavy atom. The first-order valence-corrected chi connectivity index (χ1v) is 6.58. The maximum atomic E-state index is 11.8. The molecule has 0 saturated heterocycles. The maximum absolute atomic E-state index is 11.8. The fourth-order valence-electron chi connectivity index (χ4n) is 1.71. The van der Waals surface area contributed by atoms with E-state index in [4.69, 9.17) is 0 Å². The number of hydrogen-bond acceptors (Lipinski definition) is 4. The van der Waals surface area contributed by atoms with Gasteiger partial charge in [0.05, 0.1) is 5.60 Å². The van der Waals surface area contributed by atoms with Crippen LogP contribution in [0.15, 0.2) is 21.9 Å². The lowest BCUT2D eigenvalue weighted by Crippen LogP contribution is -2.45. The molecule has 0 bridgehead atoms. The lowest BCUT2D eigenvalue weighted by molar-refractivity contribution is -0.123. The second kappa shape index (κ2) is 6.51. The third-order valence-electron chi connectivity index (χ3n) is 3.51. The van der Waals surface area contributed by atoms with Crippen LogP contribution in [0.25, 0.3) is 0 Å². The van der Waals surface area contributed by atoms with Crippen LogP contribution in [-0.4, -0.2) is 32.3 Å². The van der Waals surface area contributed by atoms with Crippen molar-refractivity contribution < 1.29 is 9.90 Å². The number of carbonyl (C=O) groups is 1. The van der Waals surface area contributed by atoms with Gasteiger partial charge >= 0.3 is 5.69 Å². The Labute approximate surface area is 116 Å². The van der Waals surface area contributed by atoms with Crippen molar-refractivity contribution in [1.82, 2.24) is 14.5 Å². The molecule has 0 radical (unpaired) electrons. The summed E-state index contributed by atoms with van der Waals surface area (Å²) in [6, 6.07) is 1.23. The SMILES string of the molecule is CCC(O)(CC)CNC(=O)Cn1ccc(=O)n(C)c1=O. The molecule has 0 spiro atoms. The number of carbonyl (C=O) groups excluding carboxylic acids is 1. The van der Waals surface area contributed by atoms with Crippen LogP contribution < -0.4 is 16.6 Å². The summed E-state index contributed by atoms with van der Waals surface area (Å²) >= 11 is 0. The minimum atomic E-state index is -0.926. The molecule has 112 valence electrons. The Morgan fingerprint density at radius 1 is 1.35 bits per heavy atom. The van der Waals surface area contributed by atoms with Crippen LogP contribution in [0.3, 0.4) is 0 Å². The molecule has 2 N–H and O–H groups in total. The molecule has 1 amide bonds. The van der Waals surface area contributed by atoms with Crippen LogP contribution in [0.1, 0.15) is 26.7 Å². The molecule has 0 aliphatic heterocycles. The van der Waals surface area contributed by atoms with Crippen molar-refractivity contribution in [3.05, 3.63) is 33.1 Å². The van der Waals surface area contributed by atoms with Crippen molar-refractivity contribution in [2.45, 2.75) is 38.8 Å². The van der Waals surface area contributed by atoms with E-state index in [-0.39, 0.29) is 19.0 Å². The van der Waals surface area contributed by atoms with E-state index < -0.39 is 16.9 Å². The smallest absolute Gasteiger partial charge is 0.331 e. The molecule has 7 heteroatoms. The van der Waals surface area contributed by atoms with Crippen molar-refractivity contribution in [3.8, 4) is 0 Å². The summed E-state index contributed by atoms with van der Waals surface area (Å²) < 4.78 is 2.08. The molecular weight excluding hydrogens is 262 g/mol. The summed E-state index contributed by atoms with van der Waals surface area (Å²) in [5.74, 6) is -0.383. The molecule has 1 aromatic heterocycles. The van der Waals surface area contributed by atoms with Crippen molar-refractivity contribution in [2.75, 3.05) is 6.54 Å². The molecular formula is C13H21N3O4. The Kier molecular flexibility index (Phi) is 5.26. The normalized spacial score (nSPS) is 11.4. The predicted octanol–water partition coefficient (Wildman–Crippen LogP) is -0.786. The highest BCUT2D eigenvalue weighted by Crippen LogP contribution is 2.12. The van der Waals surface area contributed by atoms with Crippen LogP contribution in [0, 0.1) is 0 Å². The van der Waals surface area contributed by atoms with Crippen molar-refractivity contribution in [1.29, 1.82) is 0 Å². The lowest BCUT2D eigenvalue weighted by Gasteiger charge is -2.25. The van der Waals surface area contributed by atoms with Crippen LogP contribution >= 0.6 is 0 Å². The van der Waals surface area contributed by atoms with E-state index in [2.05, 4.69) is 5.32 Å². The number of nitrogens with one attached hydrogen (secondary N) is 1. The van der Waals surface area contributed by atoms with E-state index in [1.165, 1.54) is 19.3 Å². The van der Waals surface area contributed by atoms with E-state index >= 15 is 0 Å².